The fourth-order valence-electron chi connectivity index (χ4n) is 5.71. The number of carbonyl (C=O) groups is 1. The lowest BCUT2D eigenvalue weighted by Crippen LogP contribution is -2.28. The SMILES string of the molecule is CCC1(CC2Cc3c(cccc3-c3ccc(C(C)(C)C)cc3)C2=O)CCCCC1. The van der Waals surface area contributed by atoms with Crippen molar-refractivity contribution in [1.29, 1.82) is 0 Å². The maximum atomic E-state index is 13.3. The molecule has 1 unspecified atom stereocenters. The van der Waals surface area contributed by atoms with Gasteiger partial charge in [-0.15, -0.1) is 0 Å². The van der Waals surface area contributed by atoms with Crippen molar-refractivity contribution in [2.24, 2.45) is 11.3 Å². The average molecular weight is 389 g/mol. The molecule has 154 valence electrons. The van der Waals surface area contributed by atoms with Crippen LogP contribution in [0.1, 0.15) is 94.1 Å². The summed E-state index contributed by atoms with van der Waals surface area (Å²) >= 11 is 0. The van der Waals surface area contributed by atoms with Gasteiger partial charge in [-0.25, -0.2) is 0 Å². The van der Waals surface area contributed by atoms with E-state index in [1.807, 2.05) is 0 Å². The third-order valence-corrected chi connectivity index (χ3v) is 7.67. The largest absolute Gasteiger partial charge is 0.294 e. The molecule has 0 bridgehead atoms. The van der Waals surface area contributed by atoms with Crippen LogP contribution in [0.25, 0.3) is 11.1 Å². The molecule has 0 aliphatic heterocycles. The molecule has 1 heteroatoms. The molecule has 0 amide bonds. The number of carbonyl (C=O) groups excluding carboxylic acids is 1. The number of hydrogen-bond donors (Lipinski definition) is 0. The molecule has 0 heterocycles. The van der Waals surface area contributed by atoms with Crippen LogP contribution in [0, 0.1) is 11.3 Å². The van der Waals surface area contributed by atoms with Crippen LogP contribution in [-0.4, -0.2) is 5.78 Å². The van der Waals surface area contributed by atoms with Gasteiger partial charge < -0.3 is 0 Å². The summed E-state index contributed by atoms with van der Waals surface area (Å²) < 4.78 is 0. The molecule has 2 aromatic rings. The lowest BCUT2D eigenvalue weighted by Gasteiger charge is -2.38. The maximum absolute atomic E-state index is 13.3. The van der Waals surface area contributed by atoms with Gasteiger partial charge in [0.1, 0.15) is 0 Å². The standard InChI is InChI=1S/C28H36O/c1-5-28(16-7-6-8-17-28)19-21-18-25-23(10-9-11-24(25)26(21)29)20-12-14-22(15-13-20)27(2,3)4/h9-15,21H,5-8,16-19H2,1-4H3. The summed E-state index contributed by atoms with van der Waals surface area (Å²) in [7, 11) is 0. The number of fused-ring (bicyclic) bond motifs is 1. The molecule has 1 atom stereocenters. The summed E-state index contributed by atoms with van der Waals surface area (Å²) in [4.78, 5) is 13.3. The van der Waals surface area contributed by atoms with Crippen LogP contribution < -0.4 is 0 Å². The Kier molecular flexibility index (Phi) is 5.44. The Morgan fingerprint density at radius 2 is 1.59 bits per heavy atom. The van der Waals surface area contributed by atoms with E-state index in [0.717, 1.165) is 18.4 Å². The quantitative estimate of drug-likeness (QED) is 0.523. The molecule has 1 saturated carbocycles. The van der Waals surface area contributed by atoms with Gasteiger partial charge >= 0.3 is 0 Å². The Morgan fingerprint density at radius 1 is 0.931 bits per heavy atom. The van der Waals surface area contributed by atoms with Gasteiger partial charge in [0.25, 0.3) is 0 Å². The summed E-state index contributed by atoms with van der Waals surface area (Å²) in [5.41, 5.74) is 6.67. The molecule has 0 aromatic heterocycles. The van der Waals surface area contributed by atoms with E-state index in [1.54, 1.807) is 0 Å². The minimum atomic E-state index is 0.159. The third kappa shape index (κ3) is 3.93. The number of ketones is 1. The van der Waals surface area contributed by atoms with E-state index in [2.05, 4.69) is 70.2 Å². The Balaban J connectivity index is 1.61. The first-order valence-corrected chi connectivity index (χ1v) is 11.6. The van der Waals surface area contributed by atoms with Gasteiger partial charge in [0.05, 0.1) is 0 Å². The van der Waals surface area contributed by atoms with Gasteiger partial charge in [-0.3, -0.25) is 4.79 Å². The van der Waals surface area contributed by atoms with Crippen molar-refractivity contribution >= 4 is 5.78 Å². The van der Waals surface area contributed by atoms with E-state index in [4.69, 9.17) is 0 Å². The van der Waals surface area contributed by atoms with Gasteiger partial charge in [-0.1, -0.05) is 95.8 Å². The van der Waals surface area contributed by atoms with Crippen molar-refractivity contribution < 1.29 is 4.79 Å². The van der Waals surface area contributed by atoms with E-state index in [-0.39, 0.29) is 11.3 Å². The topological polar surface area (TPSA) is 17.1 Å². The molecule has 29 heavy (non-hydrogen) atoms. The van der Waals surface area contributed by atoms with E-state index < -0.39 is 0 Å². The maximum Gasteiger partial charge on any atom is 0.166 e. The van der Waals surface area contributed by atoms with Crippen molar-refractivity contribution in [2.75, 3.05) is 0 Å². The summed E-state index contributed by atoms with van der Waals surface area (Å²) in [5.74, 6) is 0.574. The predicted molar refractivity (Wildman–Crippen MR) is 123 cm³/mol. The molecule has 2 aliphatic rings. The molecule has 1 fully saturated rings. The van der Waals surface area contributed by atoms with Crippen LogP contribution in [0.2, 0.25) is 0 Å². The normalized spacial score (nSPS) is 21.2. The zero-order valence-corrected chi connectivity index (χ0v) is 18.7. The molecule has 2 aliphatic carbocycles. The summed E-state index contributed by atoms with van der Waals surface area (Å²) in [6.45, 7) is 9.08. The number of rotatable bonds is 4. The highest BCUT2D eigenvalue weighted by molar-refractivity contribution is 6.04. The molecule has 0 spiro atoms. The molecular weight excluding hydrogens is 352 g/mol. The summed E-state index contributed by atoms with van der Waals surface area (Å²) in [5, 5.41) is 0. The summed E-state index contributed by atoms with van der Waals surface area (Å²) in [6.07, 6.45) is 9.89. The Labute approximate surface area is 176 Å². The highest BCUT2D eigenvalue weighted by atomic mass is 16.1. The highest BCUT2D eigenvalue weighted by Gasteiger charge is 2.39. The van der Waals surface area contributed by atoms with Gasteiger partial charge in [-0.2, -0.15) is 0 Å². The van der Waals surface area contributed by atoms with Crippen molar-refractivity contribution in [1.82, 2.24) is 0 Å². The van der Waals surface area contributed by atoms with Crippen molar-refractivity contribution in [3.8, 4) is 11.1 Å². The van der Waals surface area contributed by atoms with Gasteiger partial charge in [-0.05, 0) is 58.8 Å². The van der Waals surface area contributed by atoms with Gasteiger partial charge in [0, 0.05) is 11.5 Å². The fourth-order valence-corrected chi connectivity index (χ4v) is 5.71. The van der Waals surface area contributed by atoms with Crippen LogP contribution in [-0.2, 0) is 11.8 Å². The average Bonchev–Trinajstić information content (AvgIpc) is 3.03. The molecule has 2 aromatic carbocycles. The van der Waals surface area contributed by atoms with Crippen molar-refractivity contribution in [2.45, 2.75) is 84.5 Å². The second-order valence-corrected chi connectivity index (χ2v) is 10.5. The Bertz CT molecular complexity index is 876. The van der Waals surface area contributed by atoms with Crippen LogP contribution in [0.4, 0.5) is 0 Å². The van der Waals surface area contributed by atoms with Crippen molar-refractivity contribution in [3.63, 3.8) is 0 Å². The fraction of sp³-hybridized carbons (Fsp3) is 0.536. The third-order valence-electron chi connectivity index (χ3n) is 7.67. The molecule has 4 rings (SSSR count). The highest BCUT2D eigenvalue weighted by Crippen LogP contribution is 2.47. The number of Topliss-reactive ketones (excluding diaryl/α,β-unsaturated/α-hetero) is 1. The second-order valence-electron chi connectivity index (χ2n) is 10.5. The van der Waals surface area contributed by atoms with E-state index in [1.165, 1.54) is 60.8 Å². The molecule has 1 nitrogen and oxygen atoms in total. The first-order chi connectivity index (χ1) is 13.8. The Morgan fingerprint density at radius 3 is 2.21 bits per heavy atom. The molecular formula is C28H36O. The van der Waals surface area contributed by atoms with E-state index in [0.29, 0.717) is 11.2 Å². The first kappa shape index (κ1) is 20.4. The molecule has 0 saturated heterocycles. The summed E-state index contributed by atoms with van der Waals surface area (Å²) in [6, 6.07) is 15.3. The van der Waals surface area contributed by atoms with Crippen LogP contribution in [0.5, 0.6) is 0 Å². The number of benzene rings is 2. The first-order valence-electron chi connectivity index (χ1n) is 11.6. The van der Waals surface area contributed by atoms with Crippen molar-refractivity contribution in [3.05, 3.63) is 59.2 Å². The monoisotopic (exact) mass is 388 g/mol. The molecule has 0 radical (unpaired) electrons. The smallest absolute Gasteiger partial charge is 0.166 e. The van der Waals surface area contributed by atoms with Crippen LogP contribution in [0.15, 0.2) is 42.5 Å². The van der Waals surface area contributed by atoms with E-state index in [9.17, 15) is 4.79 Å². The lowest BCUT2D eigenvalue weighted by molar-refractivity contribution is 0.0828. The zero-order valence-electron chi connectivity index (χ0n) is 18.7. The van der Waals surface area contributed by atoms with Crippen LogP contribution in [0.3, 0.4) is 0 Å². The second kappa shape index (κ2) is 7.74. The van der Waals surface area contributed by atoms with E-state index >= 15 is 0 Å². The molecule has 0 N–H and O–H groups in total. The minimum absolute atomic E-state index is 0.159. The van der Waals surface area contributed by atoms with Gasteiger partial charge in [0.15, 0.2) is 5.78 Å². The Hall–Kier alpha value is -1.89. The predicted octanol–water partition coefficient (Wildman–Crippen LogP) is 7.76. The minimum Gasteiger partial charge on any atom is -0.294 e. The zero-order chi connectivity index (χ0) is 20.6. The van der Waals surface area contributed by atoms with Crippen LogP contribution >= 0.6 is 0 Å². The lowest BCUT2D eigenvalue weighted by atomic mass is 9.67. The van der Waals surface area contributed by atoms with Gasteiger partial charge in [0.2, 0.25) is 0 Å². The number of hydrogen-bond acceptors (Lipinski definition) is 1.